The molecule has 0 atom stereocenters. The van der Waals surface area contributed by atoms with E-state index in [0.717, 1.165) is 30.3 Å². The van der Waals surface area contributed by atoms with Crippen LogP contribution in [0.5, 0.6) is 0 Å². The molecule has 2 aliphatic heterocycles. The molecule has 0 bridgehead atoms. The summed E-state index contributed by atoms with van der Waals surface area (Å²) in [6, 6.07) is 9.58. The molecule has 1 N–H and O–H groups in total. The maximum Gasteiger partial charge on any atom is 0.256 e. The molecule has 4 rings (SSSR count). The zero-order chi connectivity index (χ0) is 15.9. The van der Waals surface area contributed by atoms with Gasteiger partial charge in [0.05, 0.1) is 11.1 Å². The Morgan fingerprint density at radius 3 is 2.70 bits per heavy atom. The Hall–Kier alpha value is -2.43. The lowest BCUT2D eigenvalue weighted by Gasteiger charge is -2.38. The third-order valence-corrected chi connectivity index (χ3v) is 5.17. The summed E-state index contributed by atoms with van der Waals surface area (Å²) in [6.07, 6.45) is 4.09. The Balaban J connectivity index is 1.55. The van der Waals surface area contributed by atoms with Crippen LogP contribution in [-0.2, 0) is 4.79 Å². The fourth-order valence-corrected chi connectivity index (χ4v) is 3.74. The van der Waals surface area contributed by atoms with Crippen LogP contribution in [0, 0.1) is 5.41 Å². The number of hydrogen-bond donors (Lipinski definition) is 1. The molecule has 2 aliphatic rings. The number of carbonyl (C=O) groups is 2. The maximum atomic E-state index is 12.9. The average Bonchev–Trinajstić information content (AvgIpc) is 2.95. The van der Waals surface area contributed by atoms with Gasteiger partial charge in [-0.3, -0.25) is 14.6 Å². The maximum absolute atomic E-state index is 12.9. The summed E-state index contributed by atoms with van der Waals surface area (Å²) in [5, 5.41) is 3.91. The number of carbonyl (C=O) groups excluding carboxylic acids is 2. The highest BCUT2D eigenvalue weighted by atomic mass is 16.2. The Kier molecular flexibility index (Phi) is 3.29. The van der Waals surface area contributed by atoms with Crippen LogP contribution in [0.1, 0.15) is 29.6 Å². The van der Waals surface area contributed by atoms with E-state index in [1.54, 1.807) is 6.20 Å². The molecule has 0 saturated carbocycles. The number of pyridine rings is 1. The van der Waals surface area contributed by atoms with E-state index in [-0.39, 0.29) is 17.2 Å². The molecule has 118 valence electrons. The Morgan fingerprint density at radius 1 is 1.17 bits per heavy atom. The normalized spacial score (nSPS) is 20.0. The Bertz CT molecular complexity index is 773. The number of fused-ring (bicyclic) bond motifs is 1. The molecule has 2 amide bonds. The van der Waals surface area contributed by atoms with Crippen LogP contribution in [0.3, 0.4) is 0 Å². The minimum atomic E-state index is 0.0430. The van der Waals surface area contributed by atoms with Gasteiger partial charge in [0.1, 0.15) is 0 Å². The number of nitrogens with zero attached hydrogens (tertiary/aromatic N) is 2. The van der Waals surface area contributed by atoms with Gasteiger partial charge in [0, 0.05) is 37.6 Å². The Labute approximate surface area is 134 Å². The van der Waals surface area contributed by atoms with Gasteiger partial charge in [-0.05, 0) is 30.4 Å². The van der Waals surface area contributed by atoms with Crippen LogP contribution in [0.4, 0.5) is 0 Å². The molecule has 3 heterocycles. The number of aromatic nitrogens is 1. The number of likely N-dealkylation sites (tertiary alicyclic amines) is 1. The van der Waals surface area contributed by atoms with Crippen molar-refractivity contribution in [3.05, 3.63) is 42.1 Å². The molecule has 5 heteroatoms. The molecule has 2 aromatic rings. The molecule has 23 heavy (non-hydrogen) atoms. The molecule has 1 aromatic heterocycles. The second-order valence-electron chi connectivity index (χ2n) is 6.63. The van der Waals surface area contributed by atoms with Gasteiger partial charge in [-0.15, -0.1) is 0 Å². The molecule has 1 aromatic carbocycles. The number of nitrogens with one attached hydrogen (secondary N) is 1. The van der Waals surface area contributed by atoms with E-state index in [1.165, 1.54) is 0 Å². The lowest BCUT2D eigenvalue weighted by atomic mass is 9.77. The van der Waals surface area contributed by atoms with Crippen molar-refractivity contribution in [2.45, 2.75) is 19.3 Å². The van der Waals surface area contributed by atoms with Gasteiger partial charge in [-0.1, -0.05) is 18.2 Å². The molecular formula is C18H19N3O2. The van der Waals surface area contributed by atoms with E-state index in [9.17, 15) is 9.59 Å². The van der Waals surface area contributed by atoms with Crippen molar-refractivity contribution in [1.29, 1.82) is 0 Å². The van der Waals surface area contributed by atoms with E-state index >= 15 is 0 Å². The standard InChI is InChI=1S/C18H19N3O2/c22-15-11-18(12-20-15)6-9-21(10-7-18)17(23)14-5-1-3-13-4-2-8-19-16(13)14/h1-5,8H,6-7,9-12H2,(H,20,22). The summed E-state index contributed by atoms with van der Waals surface area (Å²) in [5.41, 5.74) is 1.49. The highest BCUT2D eigenvalue weighted by Gasteiger charge is 2.41. The van der Waals surface area contributed by atoms with Crippen LogP contribution in [-0.4, -0.2) is 41.3 Å². The summed E-state index contributed by atoms with van der Waals surface area (Å²) in [4.78, 5) is 30.7. The number of rotatable bonds is 1. The summed E-state index contributed by atoms with van der Waals surface area (Å²) in [7, 11) is 0. The van der Waals surface area contributed by atoms with Crippen molar-refractivity contribution >= 4 is 22.7 Å². The van der Waals surface area contributed by atoms with Gasteiger partial charge in [0.25, 0.3) is 5.91 Å². The summed E-state index contributed by atoms with van der Waals surface area (Å²) >= 11 is 0. The van der Waals surface area contributed by atoms with Crippen LogP contribution in [0.2, 0.25) is 0 Å². The van der Waals surface area contributed by atoms with Crippen molar-refractivity contribution < 1.29 is 9.59 Å². The van der Waals surface area contributed by atoms with E-state index in [4.69, 9.17) is 0 Å². The van der Waals surface area contributed by atoms with E-state index in [2.05, 4.69) is 10.3 Å². The lowest BCUT2D eigenvalue weighted by molar-refractivity contribution is -0.119. The Morgan fingerprint density at radius 2 is 1.96 bits per heavy atom. The minimum absolute atomic E-state index is 0.0430. The molecule has 0 radical (unpaired) electrons. The quantitative estimate of drug-likeness (QED) is 0.876. The number of amides is 2. The molecule has 5 nitrogen and oxygen atoms in total. The van der Waals surface area contributed by atoms with Gasteiger partial charge in [-0.2, -0.15) is 0 Å². The zero-order valence-electron chi connectivity index (χ0n) is 12.9. The summed E-state index contributed by atoms with van der Waals surface area (Å²) < 4.78 is 0. The first-order valence-corrected chi connectivity index (χ1v) is 8.07. The molecular weight excluding hydrogens is 290 g/mol. The van der Waals surface area contributed by atoms with E-state index < -0.39 is 0 Å². The van der Waals surface area contributed by atoms with Crippen molar-refractivity contribution in [1.82, 2.24) is 15.2 Å². The van der Waals surface area contributed by atoms with Crippen LogP contribution < -0.4 is 5.32 Å². The van der Waals surface area contributed by atoms with Crippen LogP contribution in [0.15, 0.2) is 36.5 Å². The first-order valence-electron chi connectivity index (χ1n) is 8.07. The molecule has 0 unspecified atom stereocenters. The topological polar surface area (TPSA) is 62.3 Å². The smallest absolute Gasteiger partial charge is 0.256 e. The third-order valence-electron chi connectivity index (χ3n) is 5.17. The highest BCUT2D eigenvalue weighted by Crippen LogP contribution is 2.37. The predicted octanol–water partition coefficient (Wildman–Crippen LogP) is 1.98. The lowest BCUT2D eigenvalue weighted by Crippen LogP contribution is -2.44. The largest absolute Gasteiger partial charge is 0.356 e. The summed E-state index contributed by atoms with van der Waals surface area (Å²) in [6.45, 7) is 2.16. The van der Waals surface area contributed by atoms with Gasteiger partial charge in [-0.25, -0.2) is 0 Å². The van der Waals surface area contributed by atoms with Crippen molar-refractivity contribution in [3.63, 3.8) is 0 Å². The monoisotopic (exact) mass is 309 g/mol. The van der Waals surface area contributed by atoms with Crippen molar-refractivity contribution in [2.24, 2.45) is 5.41 Å². The van der Waals surface area contributed by atoms with Gasteiger partial charge >= 0.3 is 0 Å². The first-order chi connectivity index (χ1) is 11.2. The third kappa shape index (κ3) is 2.46. The second-order valence-corrected chi connectivity index (χ2v) is 6.63. The predicted molar refractivity (Wildman–Crippen MR) is 86.9 cm³/mol. The van der Waals surface area contributed by atoms with Gasteiger partial charge in [0.2, 0.25) is 5.91 Å². The second kappa shape index (κ2) is 5.33. The first kappa shape index (κ1) is 14.2. The van der Waals surface area contributed by atoms with Gasteiger partial charge < -0.3 is 10.2 Å². The number of piperidine rings is 1. The number of hydrogen-bond acceptors (Lipinski definition) is 3. The molecule has 2 saturated heterocycles. The fourth-order valence-electron chi connectivity index (χ4n) is 3.74. The molecule has 1 spiro atoms. The summed E-state index contributed by atoms with van der Waals surface area (Å²) in [5.74, 6) is 0.185. The van der Waals surface area contributed by atoms with E-state index in [0.29, 0.717) is 25.1 Å². The van der Waals surface area contributed by atoms with Crippen LogP contribution in [0.25, 0.3) is 10.9 Å². The van der Waals surface area contributed by atoms with Gasteiger partial charge in [0.15, 0.2) is 0 Å². The molecule has 0 aliphatic carbocycles. The fraction of sp³-hybridized carbons (Fsp3) is 0.389. The minimum Gasteiger partial charge on any atom is -0.356 e. The van der Waals surface area contributed by atoms with Crippen LogP contribution >= 0.6 is 0 Å². The highest BCUT2D eigenvalue weighted by molar-refractivity contribution is 6.05. The number of para-hydroxylation sites is 1. The molecule has 2 fully saturated rings. The zero-order valence-corrected chi connectivity index (χ0v) is 12.9. The van der Waals surface area contributed by atoms with Crippen molar-refractivity contribution in [3.8, 4) is 0 Å². The average molecular weight is 309 g/mol. The van der Waals surface area contributed by atoms with Crippen molar-refractivity contribution in [2.75, 3.05) is 19.6 Å². The SMILES string of the molecule is O=C1CC2(CCN(C(=O)c3cccc4cccnc34)CC2)CN1. The van der Waals surface area contributed by atoms with E-state index in [1.807, 2.05) is 35.2 Å². The number of benzene rings is 1.